The van der Waals surface area contributed by atoms with E-state index in [0.717, 1.165) is 4.68 Å². The zero-order valence-corrected chi connectivity index (χ0v) is 10.0. The maximum atomic E-state index is 11.4. The molecule has 1 aromatic rings. The van der Waals surface area contributed by atoms with Gasteiger partial charge < -0.3 is 9.84 Å². The largest absolute Gasteiger partial charge is 0.475 e. The van der Waals surface area contributed by atoms with Gasteiger partial charge in [0.15, 0.2) is 0 Å². The van der Waals surface area contributed by atoms with E-state index in [1.165, 1.54) is 7.05 Å². The van der Waals surface area contributed by atoms with Gasteiger partial charge >= 0.3 is 12.1 Å². The van der Waals surface area contributed by atoms with Crippen molar-refractivity contribution in [3.05, 3.63) is 5.82 Å². The quantitative estimate of drug-likeness (QED) is 0.796. The van der Waals surface area contributed by atoms with E-state index in [-0.39, 0.29) is 5.95 Å². The van der Waals surface area contributed by atoms with Crippen molar-refractivity contribution in [2.45, 2.75) is 26.4 Å². The molecule has 0 aliphatic rings. The average Bonchev–Trinajstić information content (AvgIpc) is 2.44. The lowest BCUT2D eigenvalue weighted by atomic mass is 10.2. The average molecular weight is 242 g/mol. The lowest BCUT2D eigenvalue weighted by Gasteiger charge is -2.19. The Morgan fingerprint density at radius 3 is 2.41 bits per heavy atom. The molecular formula is C9H14N4O4. The fourth-order valence-corrected chi connectivity index (χ4v) is 0.979. The molecule has 0 radical (unpaired) electrons. The molecule has 17 heavy (non-hydrogen) atoms. The number of nitrogens with one attached hydrogen (secondary N) is 1. The number of aromatic nitrogens is 3. The van der Waals surface area contributed by atoms with Gasteiger partial charge in [0.1, 0.15) is 5.60 Å². The predicted molar refractivity (Wildman–Crippen MR) is 57.8 cm³/mol. The summed E-state index contributed by atoms with van der Waals surface area (Å²) in [7, 11) is 1.46. The summed E-state index contributed by atoms with van der Waals surface area (Å²) in [5.74, 6) is -1.65. The van der Waals surface area contributed by atoms with Crippen LogP contribution in [0.25, 0.3) is 0 Å². The lowest BCUT2D eigenvalue weighted by Crippen LogP contribution is -2.28. The van der Waals surface area contributed by atoms with Crippen molar-refractivity contribution in [2.75, 3.05) is 5.32 Å². The van der Waals surface area contributed by atoms with Crippen LogP contribution < -0.4 is 5.32 Å². The Kier molecular flexibility index (Phi) is 3.35. The molecule has 0 atom stereocenters. The molecule has 8 heteroatoms. The van der Waals surface area contributed by atoms with E-state index in [1.807, 2.05) is 0 Å². The Bertz CT molecular complexity index is 446. The van der Waals surface area contributed by atoms with Crippen molar-refractivity contribution in [3.8, 4) is 0 Å². The first kappa shape index (κ1) is 12.9. The van der Waals surface area contributed by atoms with Gasteiger partial charge in [-0.05, 0) is 20.8 Å². The van der Waals surface area contributed by atoms with Gasteiger partial charge in [-0.25, -0.2) is 14.3 Å². The van der Waals surface area contributed by atoms with Crippen LogP contribution in [0.4, 0.5) is 10.7 Å². The molecule has 1 heterocycles. The molecule has 0 unspecified atom stereocenters. The van der Waals surface area contributed by atoms with Crippen LogP contribution in [-0.2, 0) is 11.8 Å². The molecule has 1 amide bonds. The number of hydrogen-bond acceptors (Lipinski definition) is 5. The van der Waals surface area contributed by atoms with Gasteiger partial charge in [-0.3, -0.25) is 5.32 Å². The number of ether oxygens (including phenoxy) is 1. The van der Waals surface area contributed by atoms with E-state index >= 15 is 0 Å². The van der Waals surface area contributed by atoms with Crippen molar-refractivity contribution in [3.63, 3.8) is 0 Å². The van der Waals surface area contributed by atoms with E-state index in [9.17, 15) is 9.59 Å². The maximum Gasteiger partial charge on any atom is 0.414 e. The first-order valence-electron chi connectivity index (χ1n) is 4.83. The summed E-state index contributed by atoms with van der Waals surface area (Å²) in [5, 5.41) is 14.6. The number of carbonyl (C=O) groups is 2. The topological polar surface area (TPSA) is 106 Å². The minimum absolute atomic E-state index is 0.0108. The van der Waals surface area contributed by atoms with Gasteiger partial charge in [-0.2, -0.15) is 4.98 Å². The van der Waals surface area contributed by atoms with E-state index < -0.39 is 23.5 Å². The van der Waals surface area contributed by atoms with Crippen molar-refractivity contribution in [1.82, 2.24) is 14.8 Å². The minimum atomic E-state index is -1.27. The second-order valence-electron chi connectivity index (χ2n) is 4.31. The third-order valence-electron chi connectivity index (χ3n) is 1.57. The van der Waals surface area contributed by atoms with Gasteiger partial charge in [0.2, 0.25) is 5.95 Å². The summed E-state index contributed by atoms with van der Waals surface area (Å²) in [6.45, 7) is 5.14. The fraction of sp³-hybridized carbons (Fsp3) is 0.556. The number of carboxylic acids is 1. The molecule has 94 valence electrons. The third-order valence-corrected chi connectivity index (χ3v) is 1.57. The summed E-state index contributed by atoms with van der Waals surface area (Å²) in [6, 6.07) is 0. The number of rotatable bonds is 2. The Labute approximate surface area is 97.6 Å². The lowest BCUT2D eigenvalue weighted by molar-refractivity contribution is 0.0630. The number of nitrogens with zero attached hydrogens (tertiary/aromatic N) is 3. The summed E-state index contributed by atoms with van der Waals surface area (Å²) < 4.78 is 6.13. The van der Waals surface area contributed by atoms with Crippen LogP contribution in [-0.4, -0.2) is 37.5 Å². The van der Waals surface area contributed by atoms with E-state index in [0.29, 0.717) is 0 Å². The monoisotopic (exact) mass is 242 g/mol. The fourth-order valence-electron chi connectivity index (χ4n) is 0.979. The first-order chi connectivity index (χ1) is 7.69. The molecule has 0 aromatic carbocycles. The van der Waals surface area contributed by atoms with Crippen LogP contribution in [0.15, 0.2) is 0 Å². The molecule has 0 saturated carbocycles. The normalized spacial score (nSPS) is 11.1. The van der Waals surface area contributed by atoms with Crippen LogP contribution in [0, 0.1) is 0 Å². The van der Waals surface area contributed by atoms with Crippen LogP contribution in [0.2, 0.25) is 0 Å². The van der Waals surface area contributed by atoms with E-state index in [2.05, 4.69) is 15.4 Å². The molecule has 8 nitrogen and oxygen atoms in total. The zero-order chi connectivity index (χ0) is 13.2. The molecule has 1 aromatic heterocycles. The highest BCUT2D eigenvalue weighted by Gasteiger charge is 2.19. The van der Waals surface area contributed by atoms with Crippen LogP contribution >= 0.6 is 0 Å². The first-order valence-corrected chi connectivity index (χ1v) is 4.83. The van der Waals surface area contributed by atoms with Crippen molar-refractivity contribution < 1.29 is 19.4 Å². The summed E-state index contributed by atoms with van der Waals surface area (Å²) in [5.41, 5.74) is -0.641. The molecule has 0 aliphatic heterocycles. The highest BCUT2D eigenvalue weighted by Crippen LogP contribution is 2.09. The number of aromatic carboxylic acids is 1. The third kappa shape index (κ3) is 3.74. The molecule has 2 N–H and O–H groups in total. The van der Waals surface area contributed by atoms with Crippen molar-refractivity contribution in [1.29, 1.82) is 0 Å². The van der Waals surface area contributed by atoms with Gasteiger partial charge in [0.05, 0.1) is 0 Å². The summed E-state index contributed by atoms with van der Waals surface area (Å²) in [6.07, 6.45) is -0.718. The smallest absolute Gasteiger partial charge is 0.414 e. The molecule has 0 saturated heterocycles. The molecular weight excluding hydrogens is 228 g/mol. The van der Waals surface area contributed by atoms with Gasteiger partial charge in [-0.1, -0.05) is 0 Å². The molecule has 0 fully saturated rings. The van der Waals surface area contributed by atoms with Gasteiger partial charge in [-0.15, -0.1) is 5.10 Å². The molecule has 1 rings (SSSR count). The number of carboxylic acid groups (broad SMARTS) is 1. The van der Waals surface area contributed by atoms with Gasteiger partial charge in [0, 0.05) is 7.05 Å². The van der Waals surface area contributed by atoms with Gasteiger partial charge in [0.25, 0.3) is 5.82 Å². The number of aryl methyl sites for hydroxylation is 1. The molecule has 0 spiro atoms. The highest BCUT2D eigenvalue weighted by molar-refractivity contribution is 5.86. The standard InChI is InChI=1S/C9H14N4O4/c1-9(2,3)17-8(16)11-7-10-5(6(14)15)12-13(7)4/h1-4H3,(H,14,15)(H,10,11,12,16). The molecule has 0 bridgehead atoms. The summed E-state index contributed by atoms with van der Waals surface area (Å²) >= 11 is 0. The number of amides is 1. The Morgan fingerprint density at radius 1 is 1.41 bits per heavy atom. The second-order valence-corrected chi connectivity index (χ2v) is 4.31. The Balaban J connectivity index is 2.75. The van der Waals surface area contributed by atoms with Crippen molar-refractivity contribution >= 4 is 18.0 Å². The van der Waals surface area contributed by atoms with E-state index in [4.69, 9.17) is 9.84 Å². The maximum absolute atomic E-state index is 11.4. The van der Waals surface area contributed by atoms with Crippen LogP contribution in [0.1, 0.15) is 31.4 Å². The highest BCUT2D eigenvalue weighted by atomic mass is 16.6. The van der Waals surface area contributed by atoms with E-state index in [1.54, 1.807) is 20.8 Å². The Hall–Kier alpha value is -2.12. The zero-order valence-electron chi connectivity index (χ0n) is 10.0. The predicted octanol–water partition coefficient (Wildman–Crippen LogP) is 0.860. The SMILES string of the molecule is Cn1nc(C(=O)O)nc1NC(=O)OC(C)(C)C. The second kappa shape index (κ2) is 4.40. The minimum Gasteiger partial charge on any atom is -0.475 e. The summed E-state index contributed by atoms with van der Waals surface area (Å²) in [4.78, 5) is 25.6. The van der Waals surface area contributed by atoms with Crippen molar-refractivity contribution in [2.24, 2.45) is 7.05 Å². The van der Waals surface area contributed by atoms with Crippen LogP contribution in [0.3, 0.4) is 0 Å². The number of anilines is 1. The molecule has 0 aliphatic carbocycles. The number of carbonyl (C=O) groups excluding carboxylic acids is 1. The van der Waals surface area contributed by atoms with Crippen LogP contribution in [0.5, 0.6) is 0 Å². The Morgan fingerprint density at radius 2 is 2.00 bits per heavy atom. The number of hydrogen-bond donors (Lipinski definition) is 2.